The lowest BCUT2D eigenvalue weighted by atomic mass is 10.2. The molecule has 0 atom stereocenters. The first-order valence-corrected chi connectivity index (χ1v) is 5.81. The van der Waals surface area contributed by atoms with Crippen molar-refractivity contribution in [2.24, 2.45) is 5.11 Å². The van der Waals surface area contributed by atoms with Gasteiger partial charge in [0.15, 0.2) is 29.0 Å². The summed E-state index contributed by atoms with van der Waals surface area (Å²) < 4.78 is 82.8. The van der Waals surface area contributed by atoms with Gasteiger partial charge in [-0.1, -0.05) is 5.11 Å². The fourth-order valence-corrected chi connectivity index (χ4v) is 1.62. The van der Waals surface area contributed by atoms with E-state index in [0.29, 0.717) is 0 Å². The first kappa shape index (κ1) is 16.5. The Morgan fingerprint density at radius 2 is 1.57 bits per heavy atom. The minimum atomic E-state index is -4.95. The van der Waals surface area contributed by atoms with Gasteiger partial charge in [0.25, 0.3) is 0 Å². The van der Waals surface area contributed by atoms with E-state index in [1.54, 1.807) is 0 Å². The Morgan fingerprint density at radius 3 is 2.09 bits per heavy atom. The van der Waals surface area contributed by atoms with Crippen molar-refractivity contribution in [2.45, 2.75) is 6.18 Å². The van der Waals surface area contributed by atoms with E-state index in [-0.39, 0.29) is 17.8 Å². The number of nitrogens with zero attached hydrogens (tertiary/aromatic N) is 3. The van der Waals surface area contributed by atoms with Crippen LogP contribution in [-0.2, 0) is 6.18 Å². The molecule has 0 amide bonds. The molecule has 4 nitrogen and oxygen atoms in total. The maximum atomic E-state index is 13.6. The van der Waals surface area contributed by atoms with Crippen LogP contribution in [0.25, 0.3) is 10.4 Å². The molecule has 0 spiro atoms. The highest BCUT2D eigenvalue weighted by molar-refractivity contribution is 5.46. The quantitative estimate of drug-likeness (QED) is 0.300. The van der Waals surface area contributed by atoms with Crippen molar-refractivity contribution in [1.82, 2.24) is 0 Å². The molecule has 0 aliphatic carbocycles. The summed E-state index contributed by atoms with van der Waals surface area (Å²) in [6.07, 6.45) is -4.95. The summed E-state index contributed by atoms with van der Waals surface area (Å²) in [6.45, 7) is 0. The number of hydrogen-bond donors (Lipinski definition) is 0. The molecule has 120 valence electrons. The zero-order valence-electron chi connectivity index (χ0n) is 10.9. The SMILES string of the molecule is [N-]=[N+]=Nc1ccc(F)c(Oc2c(F)cc(C(F)(F)F)cc2F)c1. The minimum absolute atomic E-state index is 0.0214. The number of alkyl halides is 3. The molecule has 2 aromatic rings. The first-order chi connectivity index (χ1) is 10.7. The van der Waals surface area contributed by atoms with E-state index in [4.69, 9.17) is 5.53 Å². The molecule has 10 heteroatoms. The van der Waals surface area contributed by atoms with Crippen LogP contribution in [0.2, 0.25) is 0 Å². The lowest BCUT2D eigenvalue weighted by Crippen LogP contribution is -2.07. The Morgan fingerprint density at radius 1 is 0.957 bits per heavy atom. The van der Waals surface area contributed by atoms with E-state index in [9.17, 15) is 26.3 Å². The minimum Gasteiger partial charge on any atom is -0.448 e. The first-order valence-electron chi connectivity index (χ1n) is 5.81. The summed E-state index contributed by atoms with van der Waals surface area (Å²) in [5.41, 5.74) is 6.59. The summed E-state index contributed by atoms with van der Waals surface area (Å²) >= 11 is 0. The summed E-state index contributed by atoms with van der Waals surface area (Å²) in [5, 5.41) is 3.14. The van der Waals surface area contributed by atoms with Gasteiger partial charge in [-0.25, -0.2) is 13.2 Å². The van der Waals surface area contributed by atoms with Crippen LogP contribution in [0.1, 0.15) is 5.56 Å². The summed E-state index contributed by atoms with van der Waals surface area (Å²) in [6, 6.07) is 2.76. The van der Waals surface area contributed by atoms with Crippen molar-refractivity contribution in [3.05, 3.63) is 63.8 Å². The normalized spacial score (nSPS) is 11.0. The highest BCUT2D eigenvalue weighted by atomic mass is 19.4. The number of halogens is 6. The molecule has 0 fully saturated rings. The topological polar surface area (TPSA) is 58.0 Å². The van der Waals surface area contributed by atoms with Crippen LogP contribution < -0.4 is 4.74 Å². The number of rotatable bonds is 3. The van der Waals surface area contributed by atoms with Crippen molar-refractivity contribution in [1.29, 1.82) is 0 Å². The van der Waals surface area contributed by atoms with Gasteiger partial charge in [-0.15, -0.1) is 0 Å². The van der Waals surface area contributed by atoms with Gasteiger partial charge in [0, 0.05) is 10.6 Å². The summed E-state index contributed by atoms with van der Waals surface area (Å²) in [5.74, 6) is -6.31. The Kier molecular flexibility index (Phi) is 4.37. The van der Waals surface area contributed by atoms with Gasteiger partial charge in [-0.05, 0) is 35.9 Å². The van der Waals surface area contributed by atoms with Crippen molar-refractivity contribution >= 4 is 5.69 Å². The van der Waals surface area contributed by atoms with Crippen LogP contribution in [0, 0.1) is 17.5 Å². The van der Waals surface area contributed by atoms with Gasteiger partial charge in [-0.2, -0.15) is 13.2 Å². The van der Waals surface area contributed by atoms with Gasteiger partial charge in [-0.3, -0.25) is 0 Å². The standard InChI is InChI=1S/C13H5F6N3O/c14-8-2-1-7(21-22-20)5-11(8)23-12-9(15)3-6(4-10(12)16)13(17,18)19/h1-5H. The molecule has 0 saturated carbocycles. The molecule has 0 aliphatic heterocycles. The van der Waals surface area contributed by atoms with Crippen molar-refractivity contribution in [3.8, 4) is 11.5 Å². The van der Waals surface area contributed by atoms with Crippen molar-refractivity contribution in [3.63, 3.8) is 0 Å². The molecule has 0 heterocycles. The second-order valence-electron chi connectivity index (χ2n) is 4.17. The maximum absolute atomic E-state index is 13.6. The lowest BCUT2D eigenvalue weighted by Gasteiger charge is -2.12. The number of hydrogen-bond acceptors (Lipinski definition) is 2. The molecule has 0 radical (unpaired) electrons. The molecule has 0 N–H and O–H groups in total. The van der Waals surface area contributed by atoms with E-state index < -0.39 is 40.7 Å². The zero-order valence-corrected chi connectivity index (χ0v) is 10.9. The molecule has 0 unspecified atom stereocenters. The van der Waals surface area contributed by atoms with Gasteiger partial charge in [0.2, 0.25) is 0 Å². The highest BCUT2D eigenvalue weighted by Crippen LogP contribution is 2.36. The van der Waals surface area contributed by atoms with Crippen LogP contribution in [-0.4, -0.2) is 0 Å². The highest BCUT2D eigenvalue weighted by Gasteiger charge is 2.33. The lowest BCUT2D eigenvalue weighted by molar-refractivity contribution is -0.138. The van der Waals surface area contributed by atoms with Gasteiger partial charge >= 0.3 is 6.18 Å². The van der Waals surface area contributed by atoms with E-state index in [1.165, 1.54) is 0 Å². The summed E-state index contributed by atoms with van der Waals surface area (Å²) in [4.78, 5) is 2.43. The fraction of sp³-hybridized carbons (Fsp3) is 0.0769. The van der Waals surface area contributed by atoms with Crippen LogP contribution in [0.15, 0.2) is 35.4 Å². The third kappa shape index (κ3) is 3.67. The van der Waals surface area contributed by atoms with E-state index >= 15 is 0 Å². The van der Waals surface area contributed by atoms with E-state index in [0.717, 1.165) is 18.2 Å². The molecule has 2 aromatic carbocycles. The van der Waals surface area contributed by atoms with Crippen molar-refractivity contribution in [2.75, 3.05) is 0 Å². The van der Waals surface area contributed by atoms with Gasteiger partial charge in [0.05, 0.1) is 5.56 Å². The molecular formula is C13H5F6N3O. The number of benzene rings is 2. The monoisotopic (exact) mass is 333 g/mol. The predicted molar refractivity (Wildman–Crippen MR) is 66.6 cm³/mol. The van der Waals surface area contributed by atoms with Crippen LogP contribution in [0.3, 0.4) is 0 Å². The third-order valence-electron chi connectivity index (χ3n) is 2.61. The van der Waals surface area contributed by atoms with Crippen LogP contribution >= 0.6 is 0 Å². The fourth-order valence-electron chi connectivity index (χ4n) is 1.62. The molecular weight excluding hydrogens is 328 g/mol. The van der Waals surface area contributed by atoms with E-state index in [2.05, 4.69) is 14.8 Å². The largest absolute Gasteiger partial charge is 0.448 e. The average molecular weight is 333 g/mol. The Labute approximate surface area is 124 Å². The molecule has 0 aromatic heterocycles. The third-order valence-corrected chi connectivity index (χ3v) is 2.61. The Bertz CT molecular complexity index is 776. The van der Waals surface area contributed by atoms with E-state index in [1.807, 2.05) is 0 Å². The smallest absolute Gasteiger partial charge is 0.416 e. The summed E-state index contributed by atoms with van der Waals surface area (Å²) in [7, 11) is 0. The average Bonchev–Trinajstić information content (AvgIpc) is 2.45. The maximum Gasteiger partial charge on any atom is 0.416 e. The molecule has 0 bridgehead atoms. The predicted octanol–water partition coefficient (Wildman–Crippen LogP) is 5.86. The Hall–Kier alpha value is -2.87. The van der Waals surface area contributed by atoms with Crippen molar-refractivity contribution < 1.29 is 31.1 Å². The zero-order chi connectivity index (χ0) is 17.2. The molecule has 0 aliphatic rings. The van der Waals surface area contributed by atoms with Crippen LogP contribution in [0.4, 0.5) is 32.0 Å². The number of ether oxygens (including phenoxy) is 1. The molecule has 23 heavy (non-hydrogen) atoms. The van der Waals surface area contributed by atoms with Gasteiger partial charge < -0.3 is 4.74 Å². The second-order valence-corrected chi connectivity index (χ2v) is 4.17. The van der Waals surface area contributed by atoms with Gasteiger partial charge in [0.1, 0.15) is 0 Å². The Balaban J connectivity index is 2.45. The molecule has 0 saturated heterocycles. The van der Waals surface area contributed by atoms with Crippen LogP contribution in [0.5, 0.6) is 11.5 Å². The second kappa shape index (κ2) is 6.09. The number of azide groups is 1. The molecule has 2 rings (SSSR count).